The van der Waals surface area contributed by atoms with E-state index in [1.165, 1.54) is 0 Å². The molecule has 0 radical (unpaired) electrons. The minimum atomic E-state index is -0.361. The molecule has 4 aromatic rings. The summed E-state index contributed by atoms with van der Waals surface area (Å²) in [6.45, 7) is 0.851. The summed E-state index contributed by atoms with van der Waals surface area (Å²) in [5.74, 6) is 0.0291. The van der Waals surface area contributed by atoms with Crippen LogP contribution in [-0.2, 0) is 13.2 Å². The highest BCUT2D eigenvalue weighted by Crippen LogP contribution is 2.24. The third-order valence-corrected chi connectivity index (χ3v) is 5.19. The van der Waals surface area contributed by atoms with Gasteiger partial charge in [-0.05, 0) is 45.8 Å². The summed E-state index contributed by atoms with van der Waals surface area (Å²) in [6.07, 6.45) is 6.98. The van der Waals surface area contributed by atoms with E-state index in [1.54, 1.807) is 50.8 Å². The molecule has 3 heterocycles. The van der Waals surface area contributed by atoms with Gasteiger partial charge >= 0.3 is 0 Å². The van der Waals surface area contributed by atoms with Crippen LogP contribution in [0.3, 0.4) is 0 Å². The van der Waals surface area contributed by atoms with Crippen LogP contribution < -0.4 is 5.32 Å². The second-order valence-electron chi connectivity index (χ2n) is 6.14. The van der Waals surface area contributed by atoms with E-state index in [-0.39, 0.29) is 11.6 Å². The molecule has 0 atom stereocenters. The van der Waals surface area contributed by atoms with Crippen LogP contribution in [0.5, 0.6) is 0 Å². The van der Waals surface area contributed by atoms with Gasteiger partial charge in [0.15, 0.2) is 11.5 Å². The molecule has 0 saturated heterocycles. The Hall–Kier alpha value is -2.62. The van der Waals surface area contributed by atoms with Crippen molar-refractivity contribution in [3.63, 3.8) is 0 Å². The molecule has 11 heteroatoms. The first-order valence-electron chi connectivity index (χ1n) is 8.47. The predicted octanol–water partition coefficient (Wildman–Crippen LogP) is 4.15. The Bertz CT molecular complexity index is 1150. The number of carbonyl (C=O) groups is 1. The number of carbonyl (C=O) groups excluding carboxylic acids is 1. The van der Waals surface area contributed by atoms with Crippen LogP contribution in [0.4, 0.5) is 5.82 Å². The van der Waals surface area contributed by atoms with Crippen molar-refractivity contribution in [1.82, 2.24) is 29.3 Å². The number of nitrogens with zero attached hydrogens (tertiary/aromatic N) is 6. The lowest BCUT2D eigenvalue weighted by molar-refractivity contribution is 0.102. The number of halogens is 3. The first-order valence-corrected chi connectivity index (χ1v) is 10.0. The van der Waals surface area contributed by atoms with Gasteiger partial charge < -0.3 is 5.32 Å². The molecular formula is C18H14BrCl2N7O. The maximum atomic E-state index is 12.5. The number of hydrogen-bond acceptors (Lipinski definition) is 4. The van der Waals surface area contributed by atoms with Crippen molar-refractivity contribution in [3.05, 3.63) is 80.9 Å². The lowest BCUT2D eigenvalue weighted by Gasteiger charge is -2.05. The van der Waals surface area contributed by atoms with Gasteiger partial charge in [-0.15, -0.1) is 0 Å². The van der Waals surface area contributed by atoms with Gasteiger partial charge in [-0.25, -0.2) is 0 Å². The molecule has 0 aliphatic heterocycles. The zero-order valence-corrected chi connectivity index (χ0v) is 17.9. The molecule has 1 aromatic carbocycles. The van der Waals surface area contributed by atoms with Crippen LogP contribution in [0.2, 0.25) is 10.0 Å². The summed E-state index contributed by atoms with van der Waals surface area (Å²) < 4.78 is 5.64. The van der Waals surface area contributed by atoms with Crippen molar-refractivity contribution in [1.29, 1.82) is 0 Å². The topological polar surface area (TPSA) is 82.6 Å². The monoisotopic (exact) mass is 493 g/mol. The van der Waals surface area contributed by atoms with Crippen molar-refractivity contribution in [3.8, 4) is 0 Å². The zero-order valence-electron chi connectivity index (χ0n) is 14.8. The largest absolute Gasteiger partial charge is 0.303 e. The quantitative estimate of drug-likeness (QED) is 0.436. The number of hydrogen-bond donors (Lipinski definition) is 1. The number of amides is 1. The van der Waals surface area contributed by atoms with E-state index in [4.69, 9.17) is 23.2 Å². The van der Waals surface area contributed by atoms with E-state index < -0.39 is 0 Å². The van der Waals surface area contributed by atoms with Crippen molar-refractivity contribution >= 4 is 50.9 Å². The van der Waals surface area contributed by atoms with E-state index in [2.05, 4.69) is 36.5 Å². The average molecular weight is 495 g/mol. The Morgan fingerprint density at radius 1 is 1.10 bits per heavy atom. The number of nitrogens with one attached hydrogen (secondary N) is 1. The Labute approximate surface area is 184 Å². The summed E-state index contributed by atoms with van der Waals surface area (Å²) in [5.41, 5.74) is 1.14. The summed E-state index contributed by atoms with van der Waals surface area (Å²) >= 11 is 15.6. The van der Waals surface area contributed by atoms with Crippen LogP contribution in [-0.4, -0.2) is 35.2 Å². The second-order valence-corrected chi connectivity index (χ2v) is 7.84. The maximum absolute atomic E-state index is 12.5. The van der Waals surface area contributed by atoms with Gasteiger partial charge in [0.2, 0.25) is 0 Å². The van der Waals surface area contributed by atoms with E-state index >= 15 is 0 Å². The van der Waals surface area contributed by atoms with Gasteiger partial charge in [-0.1, -0.05) is 29.3 Å². The molecular weight excluding hydrogens is 481 g/mol. The van der Waals surface area contributed by atoms with Gasteiger partial charge in [-0.2, -0.15) is 15.3 Å². The Morgan fingerprint density at radius 3 is 2.72 bits per heavy atom. The van der Waals surface area contributed by atoms with Crippen molar-refractivity contribution in [2.75, 3.05) is 5.32 Å². The summed E-state index contributed by atoms with van der Waals surface area (Å²) in [7, 11) is 0. The zero-order chi connectivity index (χ0) is 20.4. The lowest BCUT2D eigenvalue weighted by atomic mass is 10.2. The lowest BCUT2D eigenvalue weighted by Crippen LogP contribution is -2.15. The van der Waals surface area contributed by atoms with Crippen molar-refractivity contribution in [2.45, 2.75) is 13.2 Å². The highest BCUT2D eigenvalue weighted by atomic mass is 79.9. The molecule has 0 spiro atoms. The van der Waals surface area contributed by atoms with Crippen LogP contribution in [0.15, 0.2) is 59.6 Å². The molecule has 0 saturated carbocycles. The number of benzene rings is 1. The van der Waals surface area contributed by atoms with Crippen LogP contribution in [0, 0.1) is 0 Å². The average Bonchev–Trinajstić information content (AvgIpc) is 3.41. The fourth-order valence-corrected chi connectivity index (χ4v) is 3.54. The third kappa shape index (κ3) is 4.69. The van der Waals surface area contributed by atoms with E-state index in [0.717, 1.165) is 5.56 Å². The normalized spacial score (nSPS) is 11.0. The molecule has 0 unspecified atom stereocenters. The smallest absolute Gasteiger partial charge is 0.277 e. The van der Waals surface area contributed by atoms with Gasteiger partial charge in [0.05, 0.1) is 11.0 Å². The standard InChI is InChI=1S/C18H14BrCl2N7O/c19-14-10-28(9-12-2-3-13(20)8-15(12)21)25-17(14)23-18(29)16-4-7-27(24-16)11-26-6-1-5-22-26/h1-8,10H,9,11H2,(H,23,25,29). The molecule has 4 rings (SSSR count). The van der Waals surface area contributed by atoms with Gasteiger partial charge in [0.1, 0.15) is 6.67 Å². The van der Waals surface area contributed by atoms with Crippen LogP contribution in [0.1, 0.15) is 16.1 Å². The summed E-state index contributed by atoms with van der Waals surface area (Å²) in [4.78, 5) is 12.5. The Kier molecular flexibility index (Phi) is 5.70. The minimum absolute atomic E-state index is 0.277. The van der Waals surface area contributed by atoms with Gasteiger partial charge in [-0.3, -0.25) is 18.8 Å². The minimum Gasteiger partial charge on any atom is -0.303 e. The third-order valence-electron chi connectivity index (χ3n) is 4.02. The Balaban J connectivity index is 1.44. The fraction of sp³-hybridized carbons (Fsp3) is 0.111. The number of aromatic nitrogens is 6. The SMILES string of the molecule is O=C(Nc1nn(Cc2ccc(Cl)cc2Cl)cc1Br)c1ccn(Cn2cccn2)n1. The molecule has 1 N–H and O–H groups in total. The van der Waals surface area contributed by atoms with E-state index in [0.29, 0.717) is 33.5 Å². The highest BCUT2D eigenvalue weighted by molar-refractivity contribution is 9.10. The van der Waals surface area contributed by atoms with Crippen LogP contribution >= 0.6 is 39.1 Å². The molecule has 0 fully saturated rings. The maximum Gasteiger partial charge on any atom is 0.277 e. The van der Waals surface area contributed by atoms with Crippen molar-refractivity contribution in [2.24, 2.45) is 0 Å². The first-order chi connectivity index (χ1) is 14.0. The first kappa shape index (κ1) is 19.7. The molecule has 3 aromatic heterocycles. The van der Waals surface area contributed by atoms with E-state index in [1.807, 2.05) is 18.3 Å². The molecule has 0 bridgehead atoms. The van der Waals surface area contributed by atoms with E-state index in [9.17, 15) is 4.79 Å². The molecule has 0 aliphatic rings. The summed E-state index contributed by atoms with van der Waals surface area (Å²) in [6, 6.07) is 8.74. The molecule has 8 nitrogen and oxygen atoms in total. The second kappa shape index (κ2) is 8.40. The molecule has 1 amide bonds. The highest BCUT2D eigenvalue weighted by Gasteiger charge is 2.15. The van der Waals surface area contributed by atoms with Crippen LogP contribution in [0.25, 0.3) is 0 Å². The number of anilines is 1. The predicted molar refractivity (Wildman–Crippen MR) is 113 cm³/mol. The van der Waals surface area contributed by atoms with Gasteiger partial charge in [0.25, 0.3) is 5.91 Å². The van der Waals surface area contributed by atoms with Crippen molar-refractivity contribution < 1.29 is 4.79 Å². The summed E-state index contributed by atoms with van der Waals surface area (Å²) in [5, 5.41) is 16.7. The molecule has 148 valence electrons. The van der Waals surface area contributed by atoms with Gasteiger partial charge in [0, 0.05) is 34.8 Å². The fourth-order valence-electron chi connectivity index (χ4n) is 2.65. The molecule has 29 heavy (non-hydrogen) atoms. The Morgan fingerprint density at radius 2 is 1.97 bits per heavy atom. The molecule has 0 aliphatic carbocycles. The number of rotatable bonds is 6.